The number of amides is 2. The van der Waals surface area contributed by atoms with Crippen molar-refractivity contribution in [3.05, 3.63) is 89.4 Å². The third kappa shape index (κ3) is 4.34. The molecule has 0 saturated carbocycles. The van der Waals surface area contributed by atoms with E-state index in [0.29, 0.717) is 23.0 Å². The monoisotopic (exact) mass is 431 g/mol. The maximum absolute atomic E-state index is 13.0. The lowest BCUT2D eigenvalue weighted by Crippen LogP contribution is -2.27. The van der Waals surface area contributed by atoms with Crippen molar-refractivity contribution in [2.75, 3.05) is 13.7 Å². The molecule has 0 N–H and O–H groups in total. The van der Waals surface area contributed by atoms with Gasteiger partial charge in [0.2, 0.25) is 0 Å². The molecule has 156 valence electrons. The Morgan fingerprint density at radius 1 is 1.03 bits per heavy atom. The van der Waals surface area contributed by atoms with Gasteiger partial charge in [-0.15, -0.1) is 0 Å². The van der Waals surface area contributed by atoms with Gasteiger partial charge < -0.3 is 9.47 Å². The lowest BCUT2D eigenvalue weighted by atomic mass is 10.0. The lowest BCUT2D eigenvalue weighted by molar-refractivity contribution is -0.123. The van der Waals surface area contributed by atoms with Gasteiger partial charge in [-0.1, -0.05) is 61.2 Å². The van der Waals surface area contributed by atoms with Crippen molar-refractivity contribution in [2.24, 2.45) is 0 Å². The molecule has 1 aliphatic rings. The highest BCUT2D eigenvalue weighted by Gasteiger charge is 2.35. The molecule has 0 unspecified atom stereocenters. The van der Waals surface area contributed by atoms with Crippen LogP contribution in [0.5, 0.6) is 11.5 Å². The van der Waals surface area contributed by atoms with E-state index in [-0.39, 0.29) is 17.7 Å². The van der Waals surface area contributed by atoms with Crippen molar-refractivity contribution in [2.45, 2.75) is 6.54 Å². The van der Waals surface area contributed by atoms with Crippen molar-refractivity contribution < 1.29 is 19.1 Å². The van der Waals surface area contributed by atoms with Crippen molar-refractivity contribution in [1.82, 2.24) is 4.90 Å². The summed E-state index contributed by atoms with van der Waals surface area (Å²) in [4.78, 5) is 27.2. The van der Waals surface area contributed by atoms with Gasteiger partial charge in [0.05, 0.1) is 18.6 Å². The van der Waals surface area contributed by atoms with Gasteiger partial charge in [0.25, 0.3) is 11.1 Å². The van der Waals surface area contributed by atoms with E-state index in [9.17, 15) is 9.59 Å². The topological polar surface area (TPSA) is 55.8 Å². The molecule has 31 heavy (non-hydrogen) atoms. The molecule has 2 amide bonds. The fourth-order valence-electron chi connectivity index (χ4n) is 3.43. The standard InChI is InChI=1S/C25H21NO4S/c1-3-13-30-21-12-11-17(14-22(21)29-2)15-23-24(27)26(25(28)31-23)16-19-9-6-8-18-7-4-5-10-20(18)19/h3-12,14-15H,1,13,16H2,2H3/b23-15+. The highest BCUT2D eigenvalue weighted by atomic mass is 32.2. The minimum atomic E-state index is -0.297. The highest BCUT2D eigenvalue weighted by molar-refractivity contribution is 8.18. The molecular weight excluding hydrogens is 410 g/mol. The fraction of sp³-hybridized carbons (Fsp3) is 0.120. The normalized spacial score (nSPS) is 15.0. The summed E-state index contributed by atoms with van der Waals surface area (Å²) in [7, 11) is 1.55. The predicted octanol–water partition coefficient (Wildman–Crippen LogP) is 5.65. The Hall–Kier alpha value is -3.51. The van der Waals surface area contributed by atoms with Gasteiger partial charge in [0.15, 0.2) is 11.5 Å². The van der Waals surface area contributed by atoms with Crippen LogP contribution in [0.25, 0.3) is 16.8 Å². The van der Waals surface area contributed by atoms with Crippen molar-refractivity contribution in [3.8, 4) is 11.5 Å². The van der Waals surface area contributed by atoms with E-state index in [2.05, 4.69) is 6.58 Å². The average Bonchev–Trinajstić information content (AvgIpc) is 3.05. The summed E-state index contributed by atoms with van der Waals surface area (Å²) in [5.41, 5.74) is 1.69. The van der Waals surface area contributed by atoms with Crippen LogP contribution < -0.4 is 9.47 Å². The van der Waals surface area contributed by atoms with Crippen LogP contribution in [0, 0.1) is 0 Å². The molecule has 6 heteroatoms. The molecule has 1 aliphatic heterocycles. The van der Waals surface area contributed by atoms with E-state index in [4.69, 9.17) is 9.47 Å². The van der Waals surface area contributed by atoms with Gasteiger partial charge >= 0.3 is 0 Å². The minimum Gasteiger partial charge on any atom is -0.493 e. The molecule has 5 nitrogen and oxygen atoms in total. The number of carbonyl (C=O) groups is 2. The molecule has 1 heterocycles. The Kier molecular flexibility index (Phi) is 6.09. The van der Waals surface area contributed by atoms with Crippen LogP contribution in [0.4, 0.5) is 4.79 Å². The van der Waals surface area contributed by atoms with E-state index >= 15 is 0 Å². The van der Waals surface area contributed by atoms with Gasteiger partial charge in [0.1, 0.15) is 6.61 Å². The van der Waals surface area contributed by atoms with Crippen LogP contribution in [0.2, 0.25) is 0 Å². The number of hydrogen-bond acceptors (Lipinski definition) is 5. The number of ether oxygens (including phenoxy) is 2. The summed E-state index contributed by atoms with van der Waals surface area (Å²) in [6.45, 7) is 4.24. The average molecular weight is 432 g/mol. The van der Waals surface area contributed by atoms with Crippen LogP contribution in [0.1, 0.15) is 11.1 Å². The summed E-state index contributed by atoms with van der Waals surface area (Å²) >= 11 is 0.946. The third-order valence-electron chi connectivity index (χ3n) is 4.92. The van der Waals surface area contributed by atoms with Gasteiger partial charge in [-0.3, -0.25) is 14.5 Å². The van der Waals surface area contributed by atoms with E-state index < -0.39 is 0 Å². The summed E-state index contributed by atoms with van der Waals surface area (Å²) in [5.74, 6) is 0.836. The van der Waals surface area contributed by atoms with Gasteiger partial charge in [0, 0.05) is 0 Å². The number of hydrogen-bond donors (Lipinski definition) is 0. The minimum absolute atomic E-state index is 0.237. The van der Waals surface area contributed by atoms with Gasteiger partial charge in [-0.05, 0) is 51.9 Å². The van der Waals surface area contributed by atoms with E-state index in [0.717, 1.165) is 33.7 Å². The number of imide groups is 1. The fourth-order valence-corrected chi connectivity index (χ4v) is 4.27. The molecule has 4 rings (SSSR count). The second kappa shape index (κ2) is 9.10. The molecule has 0 aliphatic carbocycles. The zero-order chi connectivity index (χ0) is 21.8. The Morgan fingerprint density at radius 2 is 1.84 bits per heavy atom. The maximum Gasteiger partial charge on any atom is 0.293 e. The molecule has 1 fully saturated rings. The third-order valence-corrected chi connectivity index (χ3v) is 5.83. The first kappa shape index (κ1) is 20.8. The second-order valence-electron chi connectivity index (χ2n) is 6.92. The molecular formula is C25H21NO4S. The van der Waals surface area contributed by atoms with E-state index in [1.165, 1.54) is 4.90 Å². The first-order valence-corrected chi connectivity index (χ1v) is 10.6. The number of fused-ring (bicyclic) bond motifs is 1. The maximum atomic E-state index is 13.0. The molecule has 0 bridgehead atoms. The quantitative estimate of drug-likeness (QED) is 0.357. The van der Waals surface area contributed by atoms with Crippen molar-refractivity contribution in [3.63, 3.8) is 0 Å². The van der Waals surface area contributed by atoms with Gasteiger partial charge in [-0.2, -0.15) is 0 Å². The number of thioether (sulfide) groups is 1. The summed E-state index contributed by atoms with van der Waals surface area (Å²) in [6.07, 6.45) is 3.35. The predicted molar refractivity (Wildman–Crippen MR) is 124 cm³/mol. The van der Waals surface area contributed by atoms with Crippen LogP contribution in [-0.2, 0) is 11.3 Å². The Labute approximate surface area is 185 Å². The van der Waals surface area contributed by atoms with Gasteiger partial charge in [-0.25, -0.2) is 0 Å². The van der Waals surface area contributed by atoms with Crippen molar-refractivity contribution in [1.29, 1.82) is 0 Å². The smallest absolute Gasteiger partial charge is 0.293 e. The van der Waals surface area contributed by atoms with Crippen LogP contribution in [0.15, 0.2) is 78.2 Å². The Balaban J connectivity index is 1.58. The molecule has 1 saturated heterocycles. The SMILES string of the molecule is C=CCOc1ccc(/C=C2/SC(=O)N(Cc3cccc4ccccc34)C2=O)cc1OC. The molecule has 3 aromatic rings. The largest absolute Gasteiger partial charge is 0.493 e. The van der Waals surface area contributed by atoms with Crippen LogP contribution in [-0.4, -0.2) is 29.8 Å². The zero-order valence-corrected chi connectivity index (χ0v) is 17.9. The zero-order valence-electron chi connectivity index (χ0n) is 17.0. The second-order valence-corrected chi connectivity index (χ2v) is 7.91. The number of rotatable bonds is 7. The summed E-state index contributed by atoms with van der Waals surface area (Å²) in [5, 5.41) is 1.84. The Bertz CT molecular complexity index is 1200. The highest BCUT2D eigenvalue weighted by Crippen LogP contribution is 2.36. The van der Waals surface area contributed by atoms with Crippen molar-refractivity contribution >= 4 is 39.8 Å². The number of nitrogens with zero attached hydrogens (tertiary/aromatic N) is 1. The van der Waals surface area contributed by atoms with Crippen LogP contribution in [0.3, 0.4) is 0 Å². The number of benzene rings is 3. The molecule has 0 atom stereocenters. The first-order chi connectivity index (χ1) is 15.1. The summed E-state index contributed by atoms with van der Waals surface area (Å²) < 4.78 is 10.9. The van der Waals surface area contributed by atoms with E-state index in [1.54, 1.807) is 31.4 Å². The summed E-state index contributed by atoms with van der Waals surface area (Å²) in [6, 6.07) is 19.2. The molecule has 3 aromatic carbocycles. The van der Waals surface area contributed by atoms with E-state index in [1.807, 2.05) is 48.5 Å². The first-order valence-electron chi connectivity index (χ1n) is 9.74. The molecule has 0 radical (unpaired) electrons. The van der Waals surface area contributed by atoms with Crippen LogP contribution >= 0.6 is 11.8 Å². The molecule has 0 aromatic heterocycles. The number of carbonyl (C=O) groups excluding carboxylic acids is 2. The molecule has 0 spiro atoms. The Morgan fingerprint density at radius 3 is 2.65 bits per heavy atom. The lowest BCUT2D eigenvalue weighted by Gasteiger charge is -2.14. The number of methoxy groups -OCH3 is 1.